The first-order chi connectivity index (χ1) is 15.7. The molecular weight excluding hydrogens is 486 g/mol. The molecule has 2 aromatic heterocycles. The van der Waals surface area contributed by atoms with Gasteiger partial charge in [0.05, 0.1) is 12.1 Å². The zero-order chi connectivity index (χ0) is 23.8. The first-order valence-corrected chi connectivity index (χ1v) is 12.3. The molecule has 0 aliphatic heterocycles. The number of H-pyrrole nitrogens is 1. The number of urea groups is 1. The second-order valence-electron chi connectivity index (χ2n) is 7.06. The standard InChI is InChI=1S/C22H18ClN3O5S2/c1-12-3-8-20(32-12)33(29,30)26-22(28)25-13-4-6-15(18(23)9-13)17-11-24-19-7-5-14(31-2)10-16(19)21(17)27/h3-11H,1-2H3,(H,24,27)(H2,25,26,28). The van der Waals surface area contributed by atoms with E-state index in [1.165, 1.54) is 25.3 Å². The van der Waals surface area contributed by atoms with Gasteiger partial charge in [0.25, 0.3) is 10.0 Å². The Morgan fingerprint density at radius 1 is 1.09 bits per heavy atom. The van der Waals surface area contributed by atoms with Gasteiger partial charge in [0.1, 0.15) is 9.96 Å². The van der Waals surface area contributed by atoms with Crippen LogP contribution in [0.2, 0.25) is 5.02 Å². The van der Waals surface area contributed by atoms with Gasteiger partial charge in [0.15, 0.2) is 5.43 Å². The van der Waals surface area contributed by atoms with E-state index in [-0.39, 0.29) is 20.3 Å². The lowest BCUT2D eigenvalue weighted by Gasteiger charge is -2.10. The number of pyridine rings is 1. The van der Waals surface area contributed by atoms with E-state index in [4.69, 9.17) is 16.3 Å². The van der Waals surface area contributed by atoms with Gasteiger partial charge >= 0.3 is 6.03 Å². The van der Waals surface area contributed by atoms with Crippen molar-refractivity contribution >= 4 is 55.6 Å². The van der Waals surface area contributed by atoms with Crippen LogP contribution in [0.5, 0.6) is 5.75 Å². The fourth-order valence-corrected chi connectivity index (χ4v) is 5.69. The van der Waals surface area contributed by atoms with Gasteiger partial charge in [-0.15, -0.1) is 11.3 Å². The second-order valence-corrected chi connectivity index (χ2v) is 10.7. The first-order valence-electron chi connectivity index (χ1n) is 9.57. The van der Waals surface area contributed by atoms with E-state index in [0.29, 0.717) is 27.8 Å². The lowest BCUT2D eigenvalue weighted by atomic mass is 10.0. The Labute approximate surface area is 198 Å². The number of halogens is 1. The first kappa shape index (κ1) is 22.8. The van der Waals surface area contributed by atoms with Gasteiger partial charge in [-0.25, -0.2) is 17.9 Å². The number of nitrogens with one attached hydrogen (secondary N) is 3. The summed E-state index contributed by atoms with van der Waals surface area (Å²) < 4.78 is 31.8. The molecule has 4 aromatic rings. The van der Waals surface area contributed by atoms with Crippen LogP contribution in [0, 0.1) is 6.92 Å². The molecule has 170 valence electrons. The number of sulfonamides is 1. The molecule has 8 nitrogen and oxygen atoms in total. The highest BCUT2D eigenvalue weighted by Gasteiger charge is 2.20. The molecule has 2 aromatic carbocycles. The average Bonchev–Trinajstić information content (AvgIpc) is 3.21. The van der Waals surface area contributed by atoms with Gasteiger partial charge in [0.2, 0.25) is 0 Å². The Hall–Kier alpha value is -3.34. The zero-order valence-electron chi connectivity index (χ0n) is 17.4. The molecule has 0 aliphatic carbocycles. The number of aryl methyl sites for hydroxylation is 1. The van der Waals surface area contributed by atoms with Crippen LogP contribution in [0.15, 0.2) is 63.7 Å². The quantitative estimate of drug-likeness (QED) is 0.363. The van der Waals surface area contributed by atoms with Gasteiger partial charge in [0, 0.05) is 38.8 Å². The Morgan fingerprint density at radius 2 is 1.88 bits per heavy atom. The monoisotopic (exact) mass is 503 g/mol. The highest BCUT2D eigenvalue weighted by molar-refractivity contribution is 7.92. The van der Waals surface area contributed by atoms with Gasteiger partial charge in [-0.3, -0.25) is 4.79 Å². The number of benzene rings is 2. The number of methoxy groups -OCH3 is 1. The van der Waals surface area contributed by atoms with Gasteiger partial charge < -0.3 is 15.0 Å². The second kappa shape index (κ2) is 8.89. The number of hydrogen-bond donors (Lipinski definition) is 3. The molecule has 4 rings (SSSR count). The van der Waals surface area contributed by atoms with E-state index in [0.717, 1.165) is 16.2 Å². The van der Waals surface area contributed by atoms with Crippen molar-refractivity contribution in [2.24, 2.45) is 0 Å². The van der Waals surface area contributed by atoms with Crippen molar-refractivity contribution in [2.75, 3.05) is 12.4 Å². The minimum absolute atomic E-state index is 0.0377. The molecule has 0 fully saturated rings. The van der Waals surface area contributed by atoms with Crippen LogP contribution < -0.4 is 20.2 Å². The lowest BCUT2D eigenvalue weighted by Crippen LogP contribution is -2.33. The number of ether oxygens (including phenoxy) is 1. The number of thiophene rings is 1. The van der Waals surface area contributed by atoms with Crippen LogP contribution in [0.25, 0.3) is 22.0 Å². The molecule has 0 aliphatic rings. The Kier molecular flexibility index (Phi) is 6.15. The van der Waals surface area contributed by atoms with Crippen molar-refractivity contribution in [3.8, 4) is 16.9 Å². The maximum absolute atomic E-state index is 13.0. The third-order valence-electron chi connectivity index (χ3n) is 4.81. The topological polar surface area (TPSA) is 117 Å². The average molecular weight is 504 g/mol. The fraction of sp³-hybridized carbons (Fsp3) is 0.0909. The number of hydrogen-bond acceptors (Lipinski definition) is 6. The minimum atomic E-state index is -3.98. The van der Waals surface area contributed by atoms with Crippen molar-refractivity contribution in [3.05, 3.63) is 74.9 Å². The lowest BCUT2D eigenvalue weighted by molar-refractivity contribution is 0.256. The van der Waals surface area contributed by atoms with E-state index in [1.54, 1.807) is 43.5 Å². The zero-order valence-corrected chi connectivity index (χ0v) is 19.8. The molecule has 0 bridgehead atoms. The summed E-state index contributed by atoms with van der Waals surface area (Å²) in [5, 5.41) is 3.09. The number of amides is 2. The maximum Gasteiger partial charge on any atom is 0.333 e. The van der Waals surface area contributed by atoms with E-state index >= 15 is 0 Å². The summed E-state index contributed by atoms with van der Waals surface area (Å²) >= 11 is 7.45. The van der Waals surface area contributed by atoms with Crippen LogP contribution in [0.1, 0.15) is 4.88 Å². The molecule has 0 saturated carbocycles. The molecule has 0 unspecified atom stereocenters. The molecule has 0 atom stereocenters. The molecule has 0 radical (unpaired) electrons. The number of rotatable bonds is 5. The number of fused-ring (bicyclic) bond motifs is 1. The van der Waals surface area contributed by atoms with E-state index < -0.39 is 16.1 Å². The van der Waals surface area contributed by atoms with Gasteiger partial charge in [-0.1, -0.05) is 17.7 Å². The third-order valence-corrected chi connectivity index (χ3v) is 7.95. The molecule has 2 amide bonds. The SMILES string of the molecule is COc1ccc2[nH]cc(-c3ccc(NC(=O)NS(=O)(=O)c4ccc(C)s4)cc3Cl)c(=O)c2c1. The summed E-state index contributed by atoms with van der Waals surface area (Å²) in [5.74, 6) is 0.550. The number of anilines is 1. The van der Waals surface area contributed by atoms with E-state index in [1.807, 2.05) is 4.72 Å². The maximum atomic E-state index is 13.0. The Bertz CT molecular complexity index is 1540. The van der Waals surface area contributed by atoms with Crippen LogP contribution in [0.4, 0.5) is 10.5 Å². The summed E-state index contributed by atoms with van der Waals surface area (Å²) in [6, 6.07) is 11.8. The summed E-state index contributed by atoms with van der Waals surface area (Å²) in [6.07, 6.45) is 1.56. The predicted molar refractivity (Wildman–Crippen MR) is 130 cm³/mol. The molecular formula is C22H18ClN3O5S2. The van der Waals surface area contributed by atoms with E-state index in [2.05, 4.69) is 10.3 Å². The van der Waals surface area contributed by atoms with Gasteiger partial charge in [-0.2, -0.15) is 0 Å². The fourth-order valence-electron chi connectivity index (χ4n) is 3.22. The summed E-state index contributed by atoms with van der Waals surface area (Å²) in [5.41, 5.74) is 1.47. The predicted octanol–water partition coefficient (Wildman–Crippen LogP) is 4.74. The van der Waals surface area contributed by atoms with Crippen LogP contribution in [-0.4, -0.2) is 26.5 Å². The largest absolute Gasteiger partial charge is 0.497 e. The van der Waals surface area contributed by atoms with Crippen LogP contribution in [0.3, 0.4) is 0 Å². The molecule has 2 heterocycles. The highest BCUT2D eigenvalue weighted by Crippen LogP contribution is 2.30. The van der Waals surface area contributed by atoms with Crippen molar-refractivity contribution in [2.45, 2.75) is 11.1 Å². The number of carbonyl (C=O) groups is 1. The van der Waals surface area contributed by atoms with Crippen LogP contribution >= 0.6 is 22.9 Å². The normalized spacial score (nSPS) is 11.4. The van der Waals surface area contributed by atoms with Crippen molar-refractivity contribution < 1.29 is 17.9 Å². The molecule has 0 spiro atoms. The summed E-state index contributed by atoms with van der Waals surface area (Å²) in [6.45, 7) is 1.77. The van der Waals surface area contributed by atoms with Crippen molar-refractivity contribution in [3.63, 3.8) is 0 Å². The van der Waals surface area contributed by atoms with E-state index in [9.17, 15) is 18.0 Å². The highest BCUT2D eigenvalue weighted by atomic mass is 35.5. The molecule has 11 heteroatoms. The van der Waals surface area contributed by atoms with Gasteiger partial charge in [-0.05, 0) is 49.4 Å². The summed E-state index contributed by atoms with van der Waals surface area (Å²) in [7, 11) is -2.47. The number of carbonyl (C=O) groups excluding carboxylic acids is 1. The Balaban J connectivity index is 1.58. The van der Waals surface area contributed by atoms with Crippen LogP contribution in [-0.2, 0) is 10.0 Å². The Morgan fingerprint density at radius 3 is 2.55 bits per heavy atom. The third kappa shape index (κ3) is 4.72. The molecule has 3 N–H and O–H groups in total. The van der Waals surface area contributed by atoms with Crippen molar-refractivity contribution in [1.82, 2.24) is 9.71 Å². The molecule has 0 saturated heterocycles. The minimum Gasteiger partial charge on any atom is -0.497 e. The smallest absolute Gasteiger partial charge is 0.333 e. The molecule has 33 heavy (non-hydrogen) atoms. The van der Waals surface area contributed by atoms with Crippen molar-refractivity contribution in [1.29, 1.82) is 0 Å². The number of aromatic nitrogens is 1. The number of aromatic amines is 1. The summed E-state index contributed by atoms with van der Waals surface area (Å²) in [4.78, 5) is 29.1.